The summed E-state index contributed by atoms with van der Waals surface area (Å²) in [7, 11) is 3.55. The van der Waals surface area contributed by atoms with E-state index in [1.807, 2.05) is 37.5 Å². The second kappa shape index (κ2) is 11.5. The molecular formula is C25H33Cl2N3O. The summed E-state index contributed by atoms with van der Waals surface area (Å²) < 4.78 is 7.32. The smallest absolute Gasteiger partial charge is 0.148 e. The third-order valence-corrected chi connectivity index (χ3v) is 5.94. The van der Waals surface area contributed by atoms with Gasteiger partial charge in [-0.05, 0) is 66.8 Å². The van der Waals surface area contributed by atoms with Crippen molar-refractivity contribution < 1.29 is 4.74 Å². The number of ether oxygens (including phenoxy) is 1. The number of benzene rings is 1. The van der Waals surface area contributed by atoms with Crippen molar-refractivity contribution in [2.75, 3.05) is 14.2 Å². The Hall–Kier alpha value is -2.14. The molecule has 0 fully saturated rings. The summed E-state index contributed by atoms with van der Waals surface area (Å²) in [5.41, 5.74) is 7.02. The van der Waals surface area contributed by atoms with Crippen molar-refractivity contribution in [3.63, 3.8) is 0 Å². The highest BCUT2D eigenvalue weighted by molar-refractivity contribution is 6.35. The summed E-state index contributed by atoms with van der Waals surface area (Å²) in [5, 5.41) is 7.41. The number of halogens is 2. The lowest BCUT2D eigenvalue weighted by Crippen LogP contribution is -2.28. The molecule has 0 bridgehead atoms. The number of aryl methyl sites for hydroxylation is 1. The molecule has 1 aromatic heterocycles. The third kappa shape index (κ3) is 6.67. The Kier molecular flexibility index (Phi) is 9.30. The molecule has 2 N–H and O–H groups in total. The van der Waals surface area contributed by atoms with Gasteiger partial charge >= 0.3 is 0 Å². The molecule has 0 radical (unpaired) electrons. The highest BCUT2D eigenvalue weighted by atomic mass is 35.5. The van der Waals surface area contributed by atoms with Gasteiger partial charge in [-0.3, -0.25) is 0 Å². The van der Waals surface area contributed by atoms with Crippen LogP contribution in [-0.2, 0) is 11.3 Å². The zero-order valence-corrected chi connectivity index (χ0v) is 20.7. The molecule has 2 heterocycles. The predicted octanol–water partition coefficient (Wildman–Crippen LogP) is 6.31. The molecule has 2 aromatic rings. The standard InChI is InChI=1S/C18H21Cl2N.C7H12N2O/c1-11(2)13(4)17-8-12(3)21(14(17)5)10-15-6-7-16(19)9-18(15)20;1-8-6-3-4-9-7(5-6)10-2/h6-9,11H,4,10H2,1-3,5H3;3-5,7-9H,1-2H3. The second-order valence-electron chi connectivity index (χ2n) is 7.81. The van der Waals surface area contributed by atoms with Crippen molar-refractivity contribution in [3.05, 3.63) is 87.5 Å². The number of allylic oxidation sites excluding steroid dienone is 2. The number of methoxy groups -OCH3 is 1. The van der Waals surface area contributed by atoms with E-state index in [4.69, 9.17) is 27.9 Å². The van der Waals surface area contributed by atoms with Gasteiger partial charge in [-0.15, -0.1) is 0 Å². The maximum Gasteiger partial charge on any atom is 0.148 e. The van der Waals surface area contributed by atoms with Gasteiger partial charge in [0.2, 0.25) is 0 Å². The fraction of sp³-hybridized carbons (Fsp3) is 0.360. The van der Waals surface area contributed by atoms with E-state index in [9.17, 15) is 0 Å². The summed E-state index contributed by atoms with van der Waals surface area (Å²) in [6.45, 7) is 13.6. The lowest BCUT2D eigenvalue weighted by Gasteiger charge is -2.16. The van der Waals surface area contributed by atoms with Crippen LogP contribution in [0, 0.1) is 19.8 Å². The molecule has 1 aromatic carbocycles. The van der Waals surface area contributed by atoms with Crippen LogP contribution >= 0.6 is 23.2 Å². The number of nitrogens with one attached hydrogen (secondary N) is 2. The van der Waals surface area contributed by atoms with Gasteiger partial charge in [-0.1, -0.05) is 49.7 Å². The minimum absolute atomic E-state index is 0.00690. The van der Waals surface area contributed by atoms with Crippen molar-refractivity contribution in [1.82, 2.24) is 15.2 Å². The van der Waals surface area contributed by atoms with E-state index in [1.54, 1.807) is 13.2 Å². The lowest BCUT2D eigenvalue weighted by atomic mass is 9.97. The monoisotopic (exact) mass is 461 g/mol. The maximum atomic E-state index is 6.29. The molecular weight excluding hydrogens is 429 g/mol. The van der Waals surface area contributed by atoms with Gasteiger partial charge in [-0.2, -0.15) is 0 Å². The van der Waals surface area contributed by atoms with E-state index in [0.29, 0.717) is 16.0 Å². The number of aromatic nitrogens is 1. The van der Waals surface area contributed by atoms with Gasteiger partial charge in [-0.25, -0.2) is 0 Å². The number of dihydropyridines is 1. The second-order valence-corrected chi connectivity index (χ2v) is 8.66. The highest BCUT2D eigenvalue weighted by Crippen LogP contribution is 2.29. The van der Waals surface area contributed by atoms with Crippen LogP contribution in [0.25, 0.3) is 5.57 Å². The van der Waals surface area contributed by atoms with Gasteiger partial charge < -0.3 is 19.9 Å². The minimum Gasteiger partial charge on any atom is -0.388 e. The number of hydrogen-bond donors (Lipinski definition) is 2. The fourth-order valence-corrected chi connectivity index (χ4v) is 3.77. The summed E-state index contributed by atoms with van der Waals surface area (Å²) in [5.74, 6) is 0.443. The van der Waals surface area contributed by atoms with Crippen molar-refractivity contribution in [2.24, 2.45) is 5.92 Å². The van der Waals surface area contributed by atoms with E-state index in [2.05, 4.69) is 55.5 Å². The highest BCUT2D eigenvalue weighted by Gasteiger charge is 2.14. The van der Waals surface area contributed by atoms with Crippen LogP contribution in [0.15, 0.2) is 54.9 Å². The molecule has 3 rings (SSSR count). The Morgan fingerprint density at radius 2 is 1.97 bits per heavy atom. The lowest BCUT2D eigenvalue weighted by molar-refractivity contribution is 0.123. The zero-order valence-electron chi connectivity index (χ0n) is 19.2. The van der Waals surface area contributed by atoms with Crippen molar-refractivity contribution in [3.8, 4) is 0 Å². The van der Waals surface area contributed by atoms with Gasteiger partial charge in [0.05, 0.1) is 0 Å². The average Bonchev–Trinajstić information content (AvgIpc) is 3.03. The first kappa shape index (κ1) is 25.1. The number of nitrogens with zero attached hydrogens (tertiary/aromatic N) is 1. The fourth-order valence-electron chi connectivity index (χ4n) is 3.30. The normalized spacial score (nSPS) is 15.1. The van der Waals surface area contributed by atoms with E-state index < -0.39 is 0 Å². The Bertz CT molecular complexity index is 973. The Morgan fingerprint density at radius 1 is 1.26 bits per heavy atom. The molecule has 1 aliphatic rings. The van der Waals surface area contributed by atoms with Crippen LogP contribution in [0.1, 0.15) is 36.4 Å². The topological polar surface area (TPSA) is 38.2 Å². The molecule has 6 heteroatoms. The molecule has 4 nitrogen and oxygen atoms in total. The number of hydrogen-bond acceptors (Lipinski definition) is 3. The SMILES string of the molecule is C=C(c1cc(C)n(Cc2ccc(Cl)cc2Cl)c1C)C(C)C.CNC1=CC(OC)NC=C1. The van der Waals surface area contributed by atoms with E-state index in [-0.39, 0.29) is 6.23 Å². The molecule has 0 amide bonds. The summed E-state index contributed by atoms with van der Waals surface area (Å²) >= 11 is 12.2. The first-order chi connectivity index (χ1) is 14.7. The molecule has 0 spiro atoms. The Balaban J connectivity index is 0.000000285. The van der Waals surface area contributed by atoms with Crippen LogP contribution in [0.3, 0.4) is 0 Å². The quantitative estimate of drug-likeness (QED) is 0.529. The first-order valence-corrected chi connectivity index (χ1v) is 11.1. The van der Waals surface area contributed by atoms with Gasteiger partial charge in [0.1, 0.15) is 6.23 Å². The van der Waals surface area contributed by atoms with Gasteiger partial charge in [0.25, 0.3) is 0 Å². The molecule has 0 saturated heterocycles. The van der Waals surface area contributed by atoms with E-state index >= 15 is 0 Å². The molecule has 168 valence electrons. The van der Waals surface area contributed by atoms with Gasteiger partial charge in [0.15, 0.2) is 0 Å². The Morgan fingerprint density at radius 3 is 2.55 bits per heavy atom. The van der Waals surface area contributed by atoms with Crippen LogP contribution in [0.2, 0.25) is 10.0 Å². The van der Waals surface area contributed by atoms with Crippen LogP contribution < -0.4 is 10.6 Å². The van der Waals surface area contributed by atoms with Crippen LogP contribution in [0.4, 0.5) is 0 Å². The minimum atomic E-state index is 0.00690. The van der Waals surface area contributed by atoms with Crippen molar-refractivity contribution in [1.29, 1.82) is 0 Å². The zero-order chi connectivity index (χ0) is 23.1. The van der Waals surface area contributed by atoms with E-state index in [1.165, 1.54) is 22.5 Å². The first-order valence-electron chi connectivity index (χ1n) is 10.3. The van der Waals surface area contributed by atoms with Gasteiger partial charge in [0, 0.05) is 54.0 Å². The molecule has 0 aliphatic carbocycles. The summed E-state index contributed by atoms with van der Waals surface area (Å²) in [6, 6.07) is 7.87. The maximum absolute atomic E-state index is 6.29. The molecule has 0 saturated carbocycles. The third-order valence-electron chi connectivity index (χ3n) is 5.36. The summed E-state index contributed by atoms with van der Waals surface area (Å²) in [4.78, 5) is 0. The predicted molar refractivity (Wildman–Crippen MR) is 134 cm³/mol. The Labute approximate surface area is 196 Å². The van der Waals surface area contributed by atoms with Crippen molar-refractivity contribution in [2.45, 2.75) is 40.5 Å². The molecule has 1 unspecified atom stereocenters. The number of likely N-dealkylation sites (N-methyl/N-ethyl adjacent to an activating group) is 1. The summed E-state index contributed by atoms with van der Waals surface area (Å²) in [6.07, 6.45) is 5.79. The van der Waals surface area contributed by atoms with Crippen LogP contribution in [-0.4, -0.2) is 25.0 Å². The van der Waals surface area contributed by atoms with Crippen LogP contribution in [0.5, 0.6) is 0 Å². The molecule has 1 atom stereocenters. The van der Waals surface area contributed by atoms with Crippen molar-refractivity contribution >= 4 is 28.8 Å². The number of rotatable bonds is 6. The largest absolute Gasteiger partial charge is 0.388 e. The molecule has 1 aliphatic heterocycles. The average molecular weight is 462 g/mol. The molecule has 31 heavy (non-hydrogen) atoms. The van der Waals surface area contributed by atoms with E-state index in [0.717, 1.165) is 17.8 Å².